The van der Waals surface area contributed by atoms with Crippen LogP contribution in [-0.4, -0.2) is 53.0 Å². The molecule has 9 heteroatoms. The highest BCUT2D eigenvalue weighted by Gasteiger charge is 2.12. The first kappa shape index (κ1) is 24.4. The van der Waals surface area contributed by atoms with Gasteiger partial charge in [-0.05, 0) is 68.5 Å². The maximum atomic E-state index is 12.5. The molecule has 2 aromatic heterocycles. The van der Waals surface area contributed by atoms with Gasteiger partial charge in [0.25, 0.3) is 5.56 Å². The van der Waals surface area contributed by atoms with E-state index in [9.17, 15) is 9.59 Å². The summed E-state index contributed by atoms with van der Waals surface area (Å²) < 4.78 is 7.25. The average Bonchev–Trinajstić information content (AvgIpc) is 2.86. The Kier molecular flexibility index (Phi) is 7.28. The average molecular weight is 483 g/mol. The topological polar surface area (TPSA) is 92.6 Å². The quantitative estimate of drug-likeness (QED) is 0.421. The standard InChI is InChI=1S/C27H26N6O3/c1-31(2)14-5-6-25(34)33(4)20-9-12-24-23(16-20)27(29-18-28-24)30-19-7-10-21(11-8-19)36-22-13-15-32(3)26(35)17-22/h7-13,15-18H,14H2,1-4H3,(H,28,29,30). The van der Waals surface area contributed by atoms with Crippen molar-refractivity contribution in [3.63, 3.8) is 0 Å². The summed E-state index contributed by atoms with van der Waals surface area (Å²) in [6, 6.07) is 16.0. The summed E-state index contributed by atoms with van der Waals surface area (Å²) in [5, 5.41) is 4.06. The van der Waals surface area contributed by atoms with Crippen molar-refractivity contribution in [3.05, 3.63) is 77.5 Å². The summed E-state index contributed by atoms with van der Waals surface area (Å²) in [7, 11) is 7.16. The van der Waals surface area contributed by atoms with Crippen molar-refractivity contribution >= 4 is 34.0 Å². The van der Waals surface area contributed by atoms with Crippen LogP contribution in [-0.2, 0) is 11.8 Å². The van der Waals surface area contributed by atoms with Gasteiger partial charge in [0.2, 0.25) is 0 Å². The minimum absolute atomic E-state index is 0.145. The first-order valence-corrected chi connectivity index (χ1v) is 11.2. The number of aromatic nitrogens is 3. The van der Waals surface area contributed by atoms with Crippen molar-refractivity contribution in [3.8, 4) is 23.3 Å². The number of rotatable bonds is 6. The van der Waals surface area contributed by atoms with Crippen LogP contribution in [0, 0.1) is 11.8 Å². The number of benzene rings is 2. The van der Waals surface area contributed by atoms with Crippen LogP contribution in [0.25, 0.3) is 10.9 Å². The fourth-order valence-electron chi connectivity index (χ4n) is 3.30. The summed E-state index contributed by atoms with van der Waals surface area (Å²) >= 11 is 0. The molecule has 0 bridgehead atoms. The smallest absolute Gasteiger partial charge is 0.302 e. The first-order chi connectivity index (χ1) is 17.3. The van der Waals surface area contributed by atoms with Crippen molar-refractivity contribution < 1.29 is 9.53 Å². The number of carbonyl (C=O) groups excluding carboxylic acids is 1. The molecular weight excluding hydrogens is 456 g/mol. The number of anilines is 3. The molecule has 1 amide bonds. The highest BCUT2D eigenvalue weighted by molar-refractivity contribution is 6.06. The molecule has 0 aliphatic carbocycles. The molecule has 0 fully saturated rings. The molecule has 2 heterocycles. The van der Waals surface area contributed by atoms with Crippen LogP contribution in [0.3, 0.4) is 0 Å². The van der Waals surface area contributed by atoms with Crippen molar-refractivity contribution in [2.45, 2.75) is 0 Å². The van der Waals surface area contributed by atoms with Gasteiger partial charge in [-0.1, -0.05) is 5.92 Å². The van der Waals surface area contributed by atoms with Gasteiger partial charge in [-0.25, -0.2) is 9.97 Å². The molecular formula is C27H26N6O3. The molecule has 0 spiro atoms. The fraction of sp³-hybridized carbons (Fsp3) is 0.185. The normalized spacial score (nSPS) is 10.6. The molecule has 4 aromatic rings. The van der Waals surface area contributed by atoms with Crippen LogP contribution in [0.5, 0.6) is 11.5 Å². The third kappa shape index (κ3) is 5.87. The van der Waals surface area contributed by atoms with Crippen molar-refractivity contribution in [2.75, 3.05) is 37.9 Å². The number of carbonyl (C=O) groups is 1. The zero-order valence-electron chi connectivity index (χ0n) is 20.5. The number of hydrogen-bond donors (Lipinski definition) is 1. The number of aryl methyl sites for hydroxylation is 1. The van der Waals surface area contributed by atoms with Gasteiger partial charge in [0.1, 0.15) is 23.6 Å². The summed E-state index contributed by atoms with van der Waals surface area (Å²) in [6.45, 7) is 0.507. The van der Waals surface area contributed by atoms with Gasteiger partial charge in [-0.2, -0.15) is 0 Å². The lowest BCUT2D eigenvalue weighted by Gasteiger charge is -2.16. The number of hydrogen-bond acceptors (Lipinski definition) is 7. The number of amides is 1. The van der Waals surface area contributed by atoms with Crippen LogP contribution in [0.15, 0.2) is 71.9 Å². The zero-order chi connectivity index (χ0) is 25.7. The second-order valence-electron chi connectivity index (χ2n) is 8.39. The third-order valence-corrected chi connectivity index (χ3v) is 5.33. The molecule has 0 unspecified atom stereocenters. The summed E-state index contributed by atoms with van der Waals surface area (Å²) in [5.74, 6) is 6.89. The van der Waals surface area contributed by atoms with Crippen molar-refractivity contribution in [1.82, 2.24) is 19.4 Å². The zero-order valence-corrected chi connectivity index (χ0v) is 20.5. The maximum Gasteiger partial charge on any atom is 0.302 e. The van der Waals surface area contributed by atoms with E-state index in [4.69, 9.17) is 4.74 Å². The molecule has 1 N–H and O–H groups in total. The van der Waals surface area contributed by atoms with Gasteiger partial charge in [-0.3, -0.25) is 14.5 Å². The minimum Gasteiger partial charge on any atom is -0.457 e. The number of nitrogens with zero attached hydrogens (tertiary/aromatic N) is 5. The monoisotopic (exact) mass is 482 g/mol. The number of nitrogens with one attached hydrogen (secondary N) is 1. The third-order valence-electron chi connectivity index (χ3n) is 5.33. The molecule has 36 heavy (non-hydrogen) atoms. The Morgan fingerprint density at radius 2 is 1.81 bits per heavy atom. The van der Waals surface area contributed by atoms with E-state index in [0.29, 0.717) is 29.5 Å². The number of pyridine rings is 1. The van der Waals surface area contributed by atoms with Gasteiger partial charge in [0, 0.05) is 43.1 Å². The molecule has 182 valence electrons. The Bertz CT molecular complexity index is 1520. The Labute approximate surface area is 209 Å². The molecule has 0 aliphatic heterocycles. The molecule has 0 aliphatic rings. The predicted molar refractivity (Wildman–Crippen MR) is 141 cm³/mol. The largest absolute Gasteiger partial charge is 0.457 e. The molecule has 0 radical (unpaired) electrons. The van der Waals surface area contributed by atoms with E-state index in [1.807, 2.05) is 49.3 Å². The SMILES string of the molecule is CN(C)CC#CC(=O)N(C)c1ccc2ncnc(Nc3ccc(Oc4ccn(C)c(=O)c4)cc3)c2c1. The minimum atomic E-state index is -0.297. The highest BCUT2D eigenvalue weighted by atomic mass is 16.5. The second-order valence-corrected chi connectivity index (χ2v) is 8.39. The maximum absolute atomic E-state index is 12.5. The highest BCUT2D eigenvalue weighted by Crippen LogP contribution is 2.28. The summed E-state index contributed by atoms with van der Waals surface area (Å²) in [6.07, 6.45) is 3.14. The van der Waals surface area contributed by atoms with Crippen molar-refractivity contribution in [2.24, 2.45) is 7.05 Å². The fourth-order valence-corrected chi connectivity index (χ4v) is 3.30. The molecule has 0 atom stereocenters. The van der Waals surface area contributed by atoms with E-state index in [2.05, 4.69) is 27.1 Å². The Hall–Kier alpha value is -4.68. The first-order valence-electron chi connectivity index (χ1n) is 11.2. The van der Waals surface area contributed by atoms with E-state index in [0.717, 1.165) is 16.6 Å². The van der Waals surface area contributed by atoms with E-state index in [1.165, 1.54) is 21.9 Å². The van der Waals surface area contributed by atoms with Gasteiger partial charge < -0.3 is 19.5 Å². The molecule has 0 saturated heterocycles. The number of ether oxygens (including phenoxy) is 1. The Balaban J connectivity index is 1.53. The van der Waals surface area contributed by atoms with Crippen LogP contribution in [0.4, 0.5) is 17.2 Å². The van der Waals surface area contributed by atoms with Gasteiger partial charge >= 0.3 is 5.91 Å². The molecule has 0 saturated carbocycles. The lowest BCUT2D eigenvalue weighted by Crippen LogP contribution is -2.24. The van der Waals surface area contributed by atoms with E-state index < -0.39 is 0 Å². The van der Waals surface area contributed by atoms with E-state index in [-0.39, 0.29) is 11.5 Å². The van der Waals surface area contributed by atoms with Crippen LogP contribution >= 0.6 is 0 Å². The number of fused-ring (bicyclic) bond motifs is 1. The van der Waals surface area contributed by atoms with Gasteiger partial charge in [0.05, 0.1) is 12.1 Å². The van der Waals surface area contributed by atoms with Crippen LogP contribution in [0.1, 0.15) is 0 Å². The van der Waals surface area contributed by atoms with Gasteiger partial charge in [0.15, 0.2) is 0 Å². The van der Waals surface area contributed by atoms with E-state index >= 15 is 0 Å². The second kappa shape index (κ2) is 10.7. The van der Waals surface area contributed by atoms with Crippen LogP contribution < -0.4 is 20.5 Å². The Morgan fingerprint density at radius 1 is 1.03 bits per heavy atom. The van der Waals surface area contributed by atoms with E-state index in [1.54, 1.807) is 38.5 Å². The van der Waals surface area contributed by atoms with Crippen molar-refractivity contribution in [1.29, 1.82) is 0 Å². The molecule has 9 nitrogen and oxygen atoms in total. The van der Waals surface area contributed by atoms with Crippen LogP contribution in [0.2, 0.25) is 0 Å². The van der Waals surface area contributed by atoms with Gasteiger partial charge in [-0.15, -0.1) is 0 Å². The summed E-state index contributed by atoms with van der Waals surface area (Å²) in [5.41, 5.74) is 2.06. The molecule has 4 rings (SSSR count). The predicted octanol–water partition coefficient (Wildman–Crippen LogP) is 3.39. The Morgan fingerprint density at radius 3 is 2.53 bits per heavy atom. The lowest BCUT2D eigenvalue weighted by molar-refractivity contribution is -0.113. The lowest BCUT2D eigenvalue weighted by atomic mass is 10.2. The summed E-state index contributed by atoms with van der Waals surface area (Å²) in [4.78, 5) is 36.4. The molecule has 2 aromatic carbocycles.